The molecule has 2 aliphatic rings. The Kier molecular flexibility index (Phi) is 5.23. The van der Waals surface area contributed by atoms with Gasteiger partial charge in [0, 0.05) is 6.54 Å². The minimum atomic E-state index is 0.776. The van der Waals surface area contributed by atoms with E-state index < -0.39 is 0 Å². The summed E-state index contributed by atoms with van der Waals surface area (Å²) < 4.78 is 0. The van der Waals surface area contributed by atoms with Crippen LogP contribution < -0.4 is 0 Å². The van der Waals surface area contributed by atoms with Gasteiger partial charge in [-0.1, -0.05) is 26.2 Å². The quantitative estimate of drug-likeness (QED) is 0.727. The third-order valence-electron chi connectivity index (χ3n) is 5.05. The fourth-order valence-electron chi connectivity index (χ4n) is 3.85. The molecule has 100 valence electrons. The summed E-state index contributed by atoms with van der Waals surface area (Å²) in [5, 5.41) is 0. The van der Waals surface area contributed by atoms with Gasteiger partial charge < -0.3 is 4.90 Å². The van der Waals surface area contributed by atoms with Crippen molar-refractivity contribution in [1.82, 2.24) is 4.90 Å². The summed E-state index contributed by atoms with van der Waals surface area (Å²) in [4.78, 5) is 2.71. The molecule has 0 aromatic carbocycles. The molecular formula is C15H29NS. The molecule has 0 N–H and O–H groups in total. The highest BCUT2D eigenvalue weighted by Crippen LogP contribution is 2.46. The molecular weight excluding hydrogens is 226 g/mol. The molecule has 17 heavy (non-hydrogen) atoms. The molecule has 1 aliphatic carbocycles. The van der Waals surface area contributed by atoms with Gasteiger partial charge in [0.1, 0.15) is 0 Å². The summed E-state index contributed by atoms with van der Waals surface area (Å²) in [6.07, 6.45) is 11.6. The lowest BCUT2D eigenvalue weighted by Gasteiger charge is -2.40. The lowest BCUT2D eigenvalue weighted by Crippen LogP contribution is -2.41. The fraction of sp³-hybridized carbons (Fsp3) is 1.00. The van der Waals surface area contributed by atoms with Crippen LogP contribution in [0.5, 0.6) is 0 Å². The van der Waals surface area contributed by atoms with Crippen LogP contribution in [0.1, 0.15) is 58.3 Å². The molecule has 0 aromatic rings. The van der Waals surface area contributed by atoms with E-state index in [2.05, 4.69) is 24.5 Å². The molecule has 1 saturated carbocycles. The van der Waals surface area contributed by atoms with Crippen molar-refractivity contribution in [3.63, 3.8) is 0 Å². The van der Waals surface area contributed by atoms with Gasteiger partial charge >= 0.3 is 0 Å². The third-order valence-corrected chi connectivity index (χ3v) is 5.57. The van der Waals surface area contributed by atoms with Gasteiger partial charge in [0.05, 0.1) is 0 Å². The first-order chi connectivity index (χ1) is 8.28. The molecule has 1 nitrogen and oxygen atoms in total. The molecule has 1 heterocycles. The highest BCUT2D eigenvalue weighted by molar-refractivity contribution is 7.80. The highest BCUT2D eigenvalue weighted by atomic mass is 32.1. The van der Waals surface area contributed by atoms with Gasteiger partial charge in [-0.05, 0) is 62.3 Å². The van der Waals surface area contributed by atoms with Crippen LogP contribution in [0.15, 0.2) is 0 Å². The molecule has 1 atom stereocenters. The third kappa shape index (κ3) is 3.64. The van der Waals surface area contributed by atoms with Gasteiger partial charge in [-0.15, -0.1) is 0 Å². The monoisotopic (exact) mass is 255 g/mol. The Labute approximate surface area is 113 Å². The molecule has 0 radical (unpaired) electrons. The van der Waals surface area contributed by atoms with Crippen LogP contribution in [0.25, 0.3) is 0 Å². The second kappa shape index (κ2) is 6.47. The summed E-state index contributed by atoms with van der Waals surface area (Å²) in [7, 11) is 0. The molecule has 1 saturated heterocycles. The molecule has 1 spiro atoms. The second-order valence-corrected chi connectivity index (χ2v) is 6.71. The van der Waals surface area contributed by atoms with Crippen molar-refractivity contribution < 1.29 is 0 Å². The molecule has 0 aromatic heterocycles. The first kappa shape index (κ1) is 13.7. The van der Waals surface area contributed by atoms with Crippen LogP contribution in [0, 0.1) is 11.3 Å². The Bertz CT molecular complexity index is 213. The zero-order valence-electron chi connectivity index (χ0n) is 11.5. The number of piperidine rings is 1. The van der Waals surface area contributed by atoms with Crippen molar-refractivity contribution in [3.8, 4) is 0 Å². The standard InChI is InChI=1S/C15H29NS/c1-2-5-14(13-17)12-16-10-8-15(9-11-16)6-3-4-7-15/h14,17H,2-13H2,1H3. The summed E-state index contributed by atoms with van der Waals surface area (Å²) in [6, 6.07) is 0. The van der Waals surface area contributed by atoms with Gasteiger partial charge in [-0.3, -0.25) is 0 Å². The first-order valence-electron chi connectivity index (χ1n) is 7.61. The maximum absolute atomic E-state index is 4.50. The molecule has 1 unspecified atom stereocenters. The fourth-order valence-corrected chi connectivity index (χ4v) is 4.15. The van der Waals surface area contributed by atoms with Crippen molar-refractivity contribution >= 4 is 12.6 Å². The molecule has 2 heteroatoms. The van der Waals surface area contributed by atoms with Gasteiger partial charge in [-0.25, -0.2) is 0 Å². The Morgan fingerprint density at radius 2 is 1.76 bits per heavy atom. The van der Waals surface area contributed by atoms with E-state index in [1.165, 1.54) is 71.0 Å². The van der Waals surface area contributed by atoms with Crippen molar-refractivity contribution in [3.05, 3.63) is 0 Å². The molecule has 2 fully saturated rings. The normalized spacial score (nSPS) is 26.5. The van der Waals surface area contributed by atoms with E-state index in [0.29, 0.717) is 0 Å². The number of thiol groups is 1. The molecule has 0 amide bonds. The Morgan fingerprint density at radius 3 is 2.29 bits per heavy atom. The number of rotatable bonds is 5. The van der Waals surface area contributed by atoms with Gasteiger partial charge in [0.2, 0.25) is 0 Å². The molecule has 1 aliphatic heterocycles. The van der Waals surface area contributed by atoms with Crippen LogP contribution in [0.2, 0.25) is 0 Å². The number of nitrogens with zero attached hydrogens (tertiary/aromatic N) is 1. The maximum Gasteiger partial charge on any atom is 0.00175 e. The van der Waals surface area contributed by atoms with Crippen LogP contribution in [0.3, 0.4) is 0 Å². The zero-order valence-corrected chi connectivity index (χ0v) is 12.4. The van der Waals surface area contributed by atoms with Gasteiger partial charge in [0.15, 0.2) is 0 Å². The predicted molar refractivity (Wildman–Crippen MR) is 78.8 cm³/mol. The van der Waals surface area contributed by atoms with E-state index in [9.17, 15) is 0 Å². The molecule has 0 bridgehead atoms. The number of likely N-dealkylation sites (tertiary alicyclic amines) is 1. The molecule has 2 rings (SSSR count). The van der Waals surface area contributed by atoms with Crippen LogP contribution in [0.4, 0.5) is 0 Å². The Balaban J connectivity index is 1.74. The summed E-state index contributed by atoms with van der Waals surface area (Å²) in [6.45, 7) is 6.30. The van der Waals surface area contributed by atoms with E-state index >= 15 is 0 Å². The van der Waals surface area contributed by atoms with E-state index in [1.807, 2.05) is 0 Å². The largest absolute Gasteiger partial charge is 0.303 e. The van der Waals surface area contributed by atoms with Crippen LogP contribution in [-0.4, -0.2) is 30.3 Å². The number of hydrogen-bond donors (Lipinski definition) is 1. The van der Waals surface area contributed by atoms with Crippen molar-refractivity contribution in [2.45, 2.75) is 58.3 Å². The lowest BCUT2D eigenvalue weighted by atomic mass is 9.77. The van der Waals surface area contributed by atoms with Gasteiger partial charge in [0.25, 0.3) is 0 Å². The topological polar surface area (TPSA) is 3.24 Å². The van der Waals surface area contributed by atoms with Crippen molar-refractivity contribution in [2.75, 3.05) is 25.4 Å². The SMILES string of the molecule is CCCC(CS)CN1CCC2(CCCC2)CC1. The Hall–Kier alpha value is 0.310. The van der Waals surface area contributed by atoms with Crippen LogP contribution >= 0.6 is 12.6 Å². The van der Waals surface area contributed by atoms with E-state index in [1.54, 1.807) is 0 Å². The predicted octanol–water partition coefficient (Wildman–Crippen LogP) is 3.99. The van der Waals surface area contributed by atoms with Crippen molar-refractivity contribution in [1.29, 1.82) is 0 Å². The summed E-state index contributed by atoms with van der Waals surface area (Å²) in [5.74, 6) is 1.89. The van der Waals surface area contributed by atoms with Crippen molar-refractivity contribution in [2.24, 2.45) is 11.3 Å². The van der Waals surface area contributed by atoms with E-state index in [0.717, 1.165) is 17.1 Å². The van der Waals surface area contributed by atoms with E-state index in [-0.39, 0.29) is 0 Å². The van der Waals surface area contributed by atoms with E-state index in [4.69, 9.17) is 0 Å². The maximum atomic E-state index is 4.50. The second-order valence-electron chi connectivity index (χ2n) is 6.34. The first-order valence-corrected chi connectivity index (χ1v) is 8.24. The van der Waals surface area contributed by atoms with Gasteiger partial charge in [-0.2, -0.15) is 12.6 Å². The minimum Gasteiger partial charge on any atom is -0.303 e. The summed E-state index contributed by atoms with van der Waals surface area (Å²) in [5.41, 5.74) is 0.776. The lowest BCUT2D eigenvalue weighted by molar-refractivity contribution is 0.0972. The smallest absolute Gasteiger partial charge is 0.00175 e. The summed E-state index contributed by atoms with van der Waals surface area (Å²) >= 11 is 4.50. The zero-order chi connectivity index (χ0) is 12.1. The van der Waals surface area contributed by atoms with Crippen LogP contribution in [-0.2, 0) is 0 Å². The average Bonchev–Trinajstić information content (AvgIpc) is 2.80. The average molecular weight is 255 g/mol. The number of hydrogen-bond acceptors (Lipinski definition) is 2. The minimum absolute atomic E-state index is 0.776. The highest BCUT2D eigenvalue weighted by Gasteiger charge is 2.36. The Morgan fingerprint density at radius 1 is 1.12 bits per heavy atom.